The molecule has 4 nitrogen and oxygen atoms in total. The molecule has 0 unspecified atom stereocenters. The lowest BCUT2D eigenvalue weighted by molar-refractivity contribution is 0.318. The van der Waals surface area contributed by atoms with Crippen molar-refractivity contribution in [2.75, 3.05) is 0 Å². The van der Waals surface area contributed by atoms with Gasteiger partial charge in [-0.3, -0.25) is 4.98 Å². The fraction of sp³-hybridized carbons (Fsp3) is 0. The third-order valence-corrected chi connectivity index (χ3v) is 4.06. The van der Waals surface area contributed by atoms with Gasteiger partial charge in [-0.15, -0.1) is 0 Å². The predicted octanol–water partition coefficient (Wildman–Crippen LogP) is 3.63. The monoisotopic (exact) mass is 313 g/mol. The van der Waals surface area contributed by atoms with Crippen LogP contribution in [0.25, 0.3) is 0 Å². The molecule has 0 fully saturated rings. The van der Waals surface area contributed by atoms with Gasteiger partial charge >= 0.3 is 0 Å². The first kappa shape index (κ1) is 14.0. The van der Waals surface area contributed by atoms with E-state index in [0.29, 0.717) is 15.6 Å². The molecule has 0 radical (unpaired) electrons. The molecule has 3 N–H and O–H groups in total. The van der Waals surface area contributed by atoms with E-state index in [0.717, 1.165) is 9.79 Å². The zero-order valence-electron chi connectivity index (χ0n) is 9.55. The number of halogens is 2. The number of nitrogens with zero attached hydrogens (tertiary/aromatic N) is 2. The Kier molecular flexibility index (Phi) is 4.52. The molecule has 0 aliphatic heterocycles. The van der Waals surface area contributed by atoms with Gasteiger partial charge in [-0.2, -0.15) is 0 Å². The molecular weight excluding hydrogens is 305 g/mol. The van der Waals surface area contributed by atoms with Crippen LogP contribution < -0.4 is 5.73 Å². The maximum absolute atomic E-state index is 8.76. The summed E-state index contributed by atoms with van der Waals surface area (Å²) in [6, 6.07) is 6.83. The van der Waals surface area contributed by atoms with Crippen molar-refractivity contribution in [3.05, 3.63) is 52.3 Å². The van der Waals surface area contributed by atoms with Crippen molar-refractivity contribution in [3.8, 4) is 0 Å². The van der Waals surface area contributed by atoms with E-state index >= 15 is 0 Å². The molecule has 0 atom stereocenters. The van der Waals surface area contributed by atoms with Gasteiger partial charge in [0.2, 0.25) is 0 Å². The summed E-state index contributed by atoms with van der Waals surface area (Å²) < 4.78 is 0. The van der Waals surface area contributed by atoms with E-state index in [1.165, 1.54) is 11.8 Å². The molecular formula is C12H9Cl2N3OS. The molecule has 19 heavy (non-hydrogen) atoms. The Labute approximate surface area is 124 Å². The van der Waals surface area contributed by atoms with E-state index in [1.807, 2.05) is 0 Å². The Morgan fingerprint density at radius 3 is 2.79 bits per heavy atom. The average Bonchev–Trinajstić information content (AvgIpc) is 2.42. The van der Waals surface area contributed by atoms with E-state index < -0.39 is 0 Å². The lowest BCUT2D eigenvalue weighted by atomic mass is 10.2. The van der Waals surface area contributed by atoms with Gasteiger partial charge in [0, 0.05) is 32.8 Å². The molecule has 0 bridgehead atoms. The van der Waals surface area contributed by atoms with E-state index in [9.17, 15) is 0 Å². The predicted molar refractivity (Wildman–Crippen MR) is 77.3 cm³/mol. The molecule has 0 aliphatic rings. The molecule has 7 heteroatoms. The van der Waals surface area contributed by atoms with Gasteiger partial charge in [-0.05, 0) is 24.3 Å². The summed E-state index contributed by atoms with van der Waals surface area (Å²) in [5, 5.41) is 12.9. The van der Waals surface area contributed by atoms with Gasteiger partial charge in [-0.1, -0.05) is 40.1 Å². The van der Waals surface area contributed by atoms with Crippen molar-refractivity contribution in [3.63, 3.8) is 0 Å². The lowest BCUT2D eigenvalue weighted by Gasteiger charge is -2.08. The van der Waals surface area contributed by atoms with E-state index in [1.54, 1.807) is 36.7 Å². The lowest BCUT2D eigenvalue weighted by Crippen LogP contribution is -2.14. The first-order chi connectivity index (χ1) is 9.11. The molecule has 1 aromatic carbocycles. The number of pyridine rings is 1. The number of aromatic nitrogens is 1. The normalized spacial score (nSPS) is 11.6. The Morgan fingerprint density at radius 1 is 1.26 bits per heavy atom. The summed E-state index contributed by atoms with van der Waals surface area (Å²) in [6.07, 6.45) is 3.19. The van der Waals surface area contributed by atoms with Crippen LogP contribution in [0.1, 0.15) is 5.56 Å². The van der Waals surface area contributed by atoms with E-state index in [2.05, 4.69) is 10.1 Å². The highest BCUT2D eigenvalue weighted by atomic mass is 35.5. The van der Waals surface area contributed by atoms with Gasteiger partial charge in [0.15, 0.2) is 5.84 Å². The van der Waals surface area contributed by atoms with Crippen LogP contribution in [0.3, 0.4) is 0 Å². The van der Waals surface area contributed by atoms with Crippen LogP contribution >= 0.6 is 35.0 Å². The fourth-order valence-electron chi connectivity index (χ4n) is 1.40. The number of nitrogens with two attached hydrogens (primary N) is 1. The van der Waals surface area contributed by atoms with Crippen molar-refractivity contribution in [1.29, 1.82) is 0 Å². The highest BCUT2D eigenvalue weighted by Crippen LogP contribution is 2.36. The number of hydrogen-bond donors (Lipinski definition) is 2. The number of hydrogen-bond acceptors (Lipinski definition) is 4. The molecule has 0 amide bonds. The van der Waals surface area contributed by atoms with Crippen molar-refractivity contribution >= 4 is 40.8 Å². The molecule has 0 saturated carbocycles. The van der Waals surface area contributed by atoms with E-state index in [4.69, 9.17) is 34.1 Å². The Morgan fingerprint density at radius 2 is 2.05 bits per heavy atom. The summed E-state index contributed by atoms with van der Waals surface area (Å²) >= 11 is 13.4. The van der Waals surface area contributed by atoms with Gasteiger partial charge in [-0.25, -0.2) is 0 Å². The number of benzene rings is 1. The second-order valence-corrected chi connectivity index (χ2v) is 5.46. The number of amidine groups is 1. The first-order valence-corrected chi connectivity index (χ1v) is 6.74. The van der Waals surface area contributed by atoms with Crippen LogP contribution in [0.4, 0.5) is 0 Å². The number of rotatable bonds is 3. The zero-order valence-corrected chi connectivity index (χ0v) is 11.9. The SMILES string of the molecule is NC(=NO)c1ccncc1Sc1cc(Cl)ccc1Cl. The van der Waals surface area contributed by atoms with Crippen molar-refractivity contribution < 1.29 is 5.21 Å². The highest BCUT2D eigenvalue weighted by Gasteiger charge is 2.11. The maximum Gasteiger partial charge on any atom is 0.171 e. The molecule has 0 spiro atoms. The van der Waals surface area contributed by atoms with Crippen LogP contribution in [-0.4, -0.2) is 16.0 Å². The van der Waals surface area contributed by atoms with Gasteiger partial charge in [0.25, 0.3) is 0 Å². The number of oxime groups is 1. The third-order valence-electron chi connectivity index (χ3n) is 2.28. The minimum absolute atomic E-state index is 0.0167. The summed E-state index contributed by atoms with van der Waals surface area (Å²) in [6.45, 7) is 0. The zero-order chi connectivity index (χ0) is 13.8. The van der Waals surface area contributed by atoms with Gasteiger partial charge < -0.3 is 10.9 Å². The summed E-state index contributed by atoms with van der Waals surface area (Å²) in [4.78, 5) is 5.52. The van der Waals surface area contributed by atoms with Crippen LogP contribution in [0.2, 0.25) is 10.0 Å². The van der Waals surface area contributed by atoms with Gasteiger partial charge in [0.05, 0.1) is 5.02 Å². The average molecular weight is 314 g/mol. The molecule has 0 saturated heterocycles. The second-order valence-electron chi connectivity index (χ2n) is 3.53. The molecule has 1 heterocycles. The largest absolute Gasteiger partial charge is 0.409 e. The quantitative estimate of drug-likeness (QED) is 0.393. The van der Waals surface area contributed by atoms with Gasteiger partial charge in [0.1, 0.15) is 0 Å². The summed E-state index contributed by atoms with van der Waals surface area (Å²) in [7, 11) is 0. The highest BCUT2D eigenvalue weighted by molar-refractivity contribution is 7.99. The van der Waals surface area contributed by atoms with Crippen molar-refractivity contribution in [2.24, 2.45) is 10.9 Å². The van der Waals surface area contributed by atoms with Crippen LogP contribution in [0, 0.1) is 0 Å². The van der Waals surface area contributed by atoms with Crippen LogP contribution in [0.5, 0.6) is 0 Å². The summed E-state index contributed by atoms with van der Waals surface area (Å²) in [5.41, 5.74) is 6.20. The summed E-state index contributed by atoms with van der Waals surface area (Å²) in [5.74, 6) is 0.0167. The Bertz CT molecular complexity index is 634. The van der Waals surface area contributed by atoms with Crippen molar-refractivity contribution in [2.45, 2.75) is 9.79 Å². The van der Waals surface area contributed by atoms with Crippen LogP contribution in [-0.2, 0) is 0 Å². The topological polar surface area (TPSA) is 71.5 Å². The Hall–Kier alpha value is -1.43. The second kappa shape index (κ2) is 6.14. The maximum atomic E-state index is 8.76. The van der Waals surface area contributed by atoms with Crippen molar-refractivity contribution in [1.82, 2.24) is 4.98 Å². The molecule has 98 valence electrons. The molecule has 2 rings (SSSR count). The molecule has 2 aromatic rings. The first-order valence-electron chi connectivity index (χ1n) is 5.16. The smallest absolute Gasteiger partial charge is 0.171 e. The Balaban J connectivity index is 2.41. The third kappa shape index (κ3) is 3.32. The van der Waals surface area contributed by atoms with Crippen LogP contribution in [0.15, 0.2) is 51.6 Å². The standard InChI is InChI=1S/C12H9Cl2N3OS/c13-7-1-2-9(14)10(5-7)19-11-6-16-4-3-8(11)12(15)17-18/h1-6,18H,(H2,15,17). The fourth-order valence-corrected chi connectivity index (χ4v) is 2.86. The van der Waals surface area contributed by atoms with E-state index in [-0.39, 0.29) is 5.84 Å². The molecule has 0 aliphatic carbocycles. The molecule has 1 aromatic heterocycles. The minimum atomic E-state index is 0.0167. The minimum Gasteiger partial charge on any atom is -0.409 e.